The molecule has 0 unspecified atom stereocenters. The van der Waals surface area contributed by atoms with Crippen LogP contribution in [-0.4, -0.2) is 23.2 Å². The number of hydrogen-bond acceptors (Lipinski definition) is 3. The second-order valence-electron chi connectivity index (χ2n) is 4.49. The van der Waals surface area contributed by atoms with Crippen molar-refractivity contribution in [1.29, 1.82) is 0 Å². The summed E-state index contributed by atoms with van der Waals surface area (Å²) in [5.74, 6) is 0.0614. The van der Waals surface area contributed by atoms with E-state index in [0.717, 1.165) is 24.0 Å². The van der Waals surface area contributed by atoms with Gasteiger partial charge in [0.05, 0.1) is 0 Å². The average Bonchev–Trinajstić information content (AvgIpc) is 2.37. The van der Waals surface area contributed by atoms with Crippen molar-refractivity contribution in [3.8, 4) is 0 Å². The second-order valence-corrected chi connectivity index (χ2v) is 4.49. The van der Waals surface area contributed by atoms with E-state index in [-0.39, 0.29) is 12.4 Å². The Morgan fingerprint density at radius 2 is 2.22 bits per heavy atom. The number of para-hydroxylation sites is 1. The largest absolute Gasteiger partial charge is 0.396 e. The van der Waals surface area contributed by atoms with Crippen LogP contribution in [-0.2, 0) is 0 Å². The van der Waals surface area contributed by atoms with Crippen LogP contribution in [0.5, 0.6) is 0 Å². The summed E-state index contributed by atoms with van der Waals surface area (Å²) in [6.07, 6.45) is 2.36. The van der Waals surface area contributed by atoms with Crippen LogP contribution in [0.2, 0.25) is 0 Å². The number of hydrogen-bond donors (Lipinski definition) is 2. The molecule has 2 N–H and O–H groups in total. The summed E-state index contributed by atoms with van der Waals surface area (Å²) in [5.41, 5.74) is 1.27. The summed E-state index contributed by atoms with van der Waals surface area (Å²) in [4.78, 5) is 4.05. The quantitative estimate of drug-likeness (QED) is 0.855. The van der Waals surface area contributed by atoms with Crippen LogP contribution in [0.15, 0.2) is 30.5 Å². The van der Waals surface area contributed by atoms with E-state index < -0.39 is 0 Å². The summed E-state index contributed by atoms with van der Waals surface area (Å²) in [5, 5.41) is 12.9. The molecule has 0 bridgehead atoms. The third kappa shape index (κ3) is 2.76. The maximum Gasteiger partial charge on any atom is 0.149 e. The van der Waals surface area contributed by atoms with Crippen LogP contribution in [0.1, 0.15) is 13.3 Å². The molecule has 0 fully saturated rings. The Labute approximate surface area is 106 Å². The van der Waals surface area contributed by atoms with E-state index in [0.29, 0.717) is 11.4 Å². The monoisotopic (exact) mass is 248 g/mol. The van der Waals surface area contributed by atoms with Gasteiger partial charge < -0.3 is 10.4 Å². The molecule has 3 nitrogen and oxygen atoms in total. The number of benzene rings is 1. The minimum atomic E-state index is -0.306. The van der Waals surface area contributed by atoms with Crippen molar-refractivity contribution in [1.82, 2.24) is 4.98 Å². The van der Waals surface area contributed by atoms with E-state index in [1.165, 1.54) is 6.07 Å². The Kier molecular flexibility index (Phi) is 4.10. The molecule has 0 spiro atoms. The van der Waals surface area contributed by atoms with E-state index in [2.05, 4.69) is 17.2 Å². The Balaban J connectivity index is 2.21. The zero-order valence-electron chi connectivity index (χ0n) is 10.4. The number of rotatable bonds is 5. The molecular weight excluding hydrogens is 231 g/mol. The van der Waals surface area contributed by atoms with E-state index in [1.807, 2.05) is 12.1 Å². The van der Waals surface area contributed by atoms with Crippen molar-refractivity contribution in [3.63, 3.8) is 0 Å². The number of nitrogens with one attached hydrogen (secondary N) is 1. The SMILES string of the molecule is C[C@H](CCO)CNc1ccnc2c(F)cccc12. The van der Waals surface area contributed by atoms with Gasteiger partial charge in [0, 0.05) is 30.4 Å². The van der Waals surface area contributed by atoms with Gasteiger partial charge in [-0.25, -0.2) is 4.39 Å². The lowest BCUT2D eigenvalue weighted by molar-refractivity contribution is 0.266. The number of pyridine rings is 1. The highest BCUT2D eigenvalue weighted by Crippen LogP contribution is 2.23. The smallest absolute Gasteiger partial charge is 0.149 e. The zero-order chi connectivity index (χ0) is 13.0. The minimum Gasteiger partial charge on any atom is -0.396 e. The summed E-state index contributed by atoms with van der Waals surface area (Å²) >= 11 is 0. The van der Waals surface area contributed by atoms with Gasteiger partial charge in [0.2, 0.25) is 0 Å². The molecule has 1 aromatic heterocycles. The maximum absolute atomic E-state index is 13.6. The predicted molar refractivity (Wildman–Crippen MR) is 71.1 cm³/mol. The van der Waals surface area contributed by atoms with Crippen molar-refractivity contribution in [3.05, 3.63) is 36.3 Å². The number of aromatic nitrogens is 1. The minimum absolute atomic E-state index is 0.189. The van der Waals surface area contributed by atoms with Crippen molar-refractivity contribution < 1.29 is 9.50 Å². The van der Waals surface area contributed by atoms with Gasteiger partial charge in [-0.1, -0.05) is 19.1 Å². The number of halogens is 1. The highest BCUT2D eigenvalue weighted by Gasteiger charge is 2.07. The molecule has 1 heterocycles. The normalized spacial score (nSPS) is 12.6. The molecular formula is C14H17FN2O. The molecule has 96 valence electrons. The summed E-state index contributed by atoms with van der Waals surface area (Å²) in [7, 11) is 0. The summed E-state index contributed by atoms with van der Waals surface area (Å²) in [6, 6.07) is 6.78. The van der Waals surface area contributed by atoms with Crippen molar-refractivity contribution in [2.75, 3.05) is 18.5 Å². The van der Waals surface area contributed by atoms with Gasteiger partial charge >= 0.3 is 0 Å². The standard InChI is InChI=1S/C14H17FN2O/c1-10(6-8-18)9-17-13-5-7-16-14-11(13)3-2-4-12(14)15/h2-5,7,10,18H,6,8-9H2,1H3,(H,16,17)/t10-/m1/s1. The highest BCUT2D eigenvalue weighted by molar-refractivity contribution is 5.91. The Morgan fingerprint density at radius 3 is 3.00 bits per heavy atom. The second kappa shape index (κ2) is 5.78. The molecule has 0 amide bonds. The molecule has 4 heteroatoms. The number of nitrogens with zero attached hydrogens (tertiary/aromatic N) is 1. The average molecular weight is 248 g/mol. The summed E-state index contributed by atoms with van der Waals surface area (Å²) in [6.45, 7) is 3.00. The first-order valence-corrected chi connectivity index (χ1v) is 6.10. The first kappa shape index (κ1) is 12.8. The predicted octanol–water partition coefficient (Wildman–Crippen LogP) is 2.80. The van der Waals surface area contributed by atoms with Crippen LogP contribution in [0.3, 0.4) is 0 Å². The number of aliphatic hydroxyl groups excluding tert-OH is 1. The van der Waals surface area contributed by atoms with Gasteiger partial charge in [0.15, 0.2) is 0 Å². The topological polar surface area (TPSA) is 45.1 Å². The van der Waals surface area contributed by atoms with E-state index in [1.54, 1.807) is 12.3 Å². The Hall–Kier alpha value is -1.68. The van der Waals surface area contributed by atoms with Gasteiger partial charge in [0.1, 0.15) is 11.3 Å². The van der Waals surface area contributed by atoms with Crippen molar-refractivity contribution >= 4 is 16.6 Å². The molecule has 0 aliphatic carbocycles. The Bertz CT molecular complexity index is 530. The lowest BCUT2D eigenvalue weighted by Crippen LogP contribution is -2.12. The molecule has 0 aliphatic rings. The Morgan fingerprint density at radius 1 is 1.39 bits per heavy atom. The van der Waals surface area contributed by atoms with Crippen LogP contribution in [0, 0.1) is 11.7 Å². The van der Waals surface area contributed by atoms with Gasteiger partial charge in [-0.05, 0) is 24.5 Å². The first-order chi connectivity index (χ1) is 8.72. The molecule has 0 saturated heterocycles. The van der Waals surface area contributed by atoms with Gasteiger partial charge in [0.25, 0.3) is 0 Å². The molecule has 2 aromatic rings. The van der Waals surface area contributed by atoms with E-state index >= 15 is 0 Å². The van der Waals surface area contributed by atoms with Gasteiger partial charge in [-0.3, -0.25) is 4.98 Å². The van der Waals surface area contributed by atoms with Crippen LogP contribution in [0.4, 0.5) is 10.1 Å². The zero-order valence-corrected chi connectivity index (χ0v) is 10.4. The van der Waals surface area contributed by atoms with Crippen LogP contribution < -0.4 is 5.32 Å². The van der Waals surface area contributed by atoms with Crippen molar-refractivity contribution in [2.24, 2.45) is 5.92 Å². The molecule has 0 radical (unpaired) electrons. The van der Waals surface area contributed by atoms with E-state index in [4.69, 9.17) is 5.11 Å². The fourth-order valence-electron chi connectivity index (χ4n) is 1.90. The third-order valence-electron chi connectivity index (χ3n) is 2.98. The molecule has 2 rings (SSSR count). The third-order valence-corrected chi connectivity index (χ3v) is 2.98. The lowest BCUT2D eigenvalue weighted by atomic mass is 10.1. The van der Waals surface area contributed by atoms with Crippen LogP contribution >= 0.6 is 0 Å². The fourth-order valence-corrected chi connectivity index (χ4v) is 1.90. The lowest BCUT2D eigenvalue weighted by Gasteiger charge is -2.13. The first-order valence-electron chi connectivity index (χ1n) is 6.10. The van der Waals surface area contributed by atoms with Crippen molar-refractivity contribution in [2.45, 2.75) is 13.3 Å². The van der Waals surface area contributed by atoms with Gasteiger partial charge in [-0.2, -0.15) is 0 Å². The van der Waals surface area contributed by atoms with Crippen LogP contribution in [0.25, 0.3) is 10.9 Å². The maximum atomic E-state index is 13.6. The number of aliphatic hydroxyl groups is 1. The summed E-state index contributed by atoms with van der Waals surface area (Å²) < 4.78 is 13.6. The molecule has 1 aromatic carbocycles. The molecule has 0 aliphatic heterocycles. The number of fused-ring (bicyclic) bond motifs is 1. The van der Waals surface area contributed by atoms with E-state index in [9.17, 15) is 4.39 Å². The molecule has 18 heavy (non-hydrogen) atoms. The highest BCUT2D eigenvalue weighted by atomic mass is 19.1. The molecule has 0 saturated carbocycles. The number of anilines is 1. The van der Waals surface area contributed by atoms with Gasteiger partial charge in [-0.15, -0.1) is 0 Å². The molecule has 1 atom stereocenters. The fraction of sp³-hybridized carbons (Fsp3) is 0.357.